The average Bonchev–Trinajstić information content (AvgIpc) is 3.21. The molecule has 0 saturated carbocycles. The number of nitrogens with zero attached hydrogens (tertiary/aromatic N) is 5. The summed E-state index contributed by atoms with van der Waals surface area (Å²) in [4.78, 5) is 22.4. The lowest BCUT2D eigenvalue weighted by molar-refractivity contribution is 0.0742. The maximum absolute atomic E-state index is 13.4. The Morgan fingerprint density at radius 1 is 1.33 bits per heavy atom. The van der Waals surface area contributed by atoms with Gasteiger partial charge in [-0.3, -0.25) is 9.48 Å². The molecule has 1 aromatic carbocycles. The van der Waals surface area contributed by atoms with E-state index in [0.29, 0.717) is 23.7 Å². The van der Waals surface area contributed by atoms with Crippen molar-refractivity contribution in [1.29, 1.82) is 0 Å². The van der Waals surface area contributed by atoms with Crippen LogP contribution in [0.5, 0.6) is 0 Å². The maximum atomic E-state index is 13.4. The molecular formula is C23H29N5O2. The second kappa shape index (κ2) is 8.93. The number of rotatable bonds is 6. The fraction of sp³-hybridized carbons (Fsp3) is 0.435. The number of hydrogen-bond acceptors (Lipinski definition) is 5. The number of aliphatic hydroxyl groups is 1. The summed E-state index contributed by atoms with van der Waals surface area (Å²) in [5.74, 6) is 0.521. The van der Waals surface area contributed by atoms with Gasteiger partial charge in [-0.1, -0.05) is 18.2 Å². The summed E-state index contributed by atoms with van der Waals surface area (Å²) >= 11 is 0. The molecule has 1 atom stereocenters. The van der Waals surface area contributed by atoms with Crippen LogP contribution >= 0.6 is 0 Å². The molecule has 1 aliphatic heterocycles. The predicted molar refractivity (Wildman–Crippen MR) is 117 cm³/mol. The standard InChI is InChI=1S/C23H29N5O2/c1-26-9-5-6-17(14-26)15-27(2)23(30)20-12-22(18-13-24-28(16-18)10-11-29)25-21-8-4-3-7-19(20)21/h3-4,7-8,12-13,16-17,29H,5-6,9-11,14-15H2,1-2H3. The number of carbonyl (C=O) groups excluding carboxylic acids is 1. The quantitative estimate of drug-likeness (QED) is 0.680. The first-order valence-corrected chi connectivity index (χ1v) is 10.5. The summed E-state index contributed by atoms with van der Waals surface area (Å²) in [6.07, 6.45) is 5.92. The highest BCUT2D eigenvalue weighted by molar-refractivity contribution is 6.07. The molecule has 30 heavy (non-hydrogen) atoms. The Morgan fingerprint density at radius 2 is 2.17 bits per heavy atom. The van der Waals surface area contributed by atoms with Crippen molar-refractivity contribution in [2.24, 2.45) is 5.92 Å². The highest BCUT2D eigenvalue weighted by atomic mass is 16.3. The van der Waals surface area contributed by atoms with Crippen LogP contribution in [-0.2, 0) is 6.54 Å². The Bertz CT molecular complexity index is 1030. The number of para-hydroxylation sites is 1. The van der Waals surface area contributed by atoms with Crippen molar-refractivity contribution in [3.05, 3.63) is 48.3 Å². The van der Waals surface area contributed by atoms with Gasteiger partial charge in [0, 0.05) is 37.3 Å². The first-order chi connectivity index (χ1) is 14.5. The monoisotopic (exact) mass is 407 g/mol. The van der Waals surface area contributed by atoms with E-state index in [0.717, 1.165) is 42.5 Å². The fourth-order valence-corrected chi connectivity index (χ4v) is 4.32. The van der Waals surface area contributed by atoms with Crippen molar-refractivity contribution in [1.82, 2.24) is 24.6 Å². The van der Waals surface area contributed by atoms with E-state index in [2.05, 4.69) is 17.0 Å². The van der Waals surface area contributed by atoms with Crippen molar-refractivity contribution in [2.45, 2.75) is 19.4 Å². The number of carbonyl (C=O) groups is 1. The van der Waals surface area contributed by atoms with Crippen LogP contribution in [0.1, 0.15) is 23.2 Å². The maximum Gasteiger partial charge on any atom is 0.254 e. The van der Waals surface area contributed by atoms with E-state index in [1.165, 1.54) is 6.42 Å². The van der Waals surface area contributed by atoms with E-state index in [1.807, 2.05) is 48.5 Å². The number of likely N-dealkylation sites (tertiary alicyclic amines) is 1. The Kier molecular flexibility index (Phi) is 6.11. The molecule has 0 spiro atoms. The van der Waals surface area contributed by atoms with Crippen LogP contribution in [0.2, 0.25) is 0 Å². The molecule has 0 radical (unpaired) electrons. The third-order valence-electron chi connectivity index (χ3n) is 5.81. The lowest BCUT2D eigenvalue weighted by atomic mass is 9.97. The van der Waals surface area contributed by atoms with Gasteiger partial charge in [0.2, 0.25) is 0 Å². The second-order valence-corrected chi connectivity index (χ2v) is 8.24. The molecule has 2 aromatic heterocycles. The van der Waals surface area contributed by atoms with Crippen LogP contribution in [0.4, 0.5) is 0 Å². The Labute approximate surface area is 176 Å². The zero-order chi connectivity index (χ0) is 21.1. The van der Waals surface area contributed by atoms with E-state index in [1.54, 1.807) is 10.9 Å². The molecule has 7 nitrogen and oxygen atoms in total. The van der Waals surface area contributed by atoms with Crippen molar-refractivity contribution >= 4 is 16.8 Å². The van der Waals surface area contributed by atoms with Gasteiger partial charge in [-0.2, -0.15) is 5.10 Å². The molecule has 0 aliphatic carbocycles. The SMILES string of the molecule is CN1CCCC(CN(C)C(=O)c2cc(-c3cnn(CCO)c3)nc3ccccc23)C1. The molecule has 7 heteroatoms. The Morgan fingerprint density at radius 3 is 2.97 bits per heavy atom. The number of aliphatic hydroxyl groups excluding tert-OH is 1. The van der Waals surface area contributed by atoms with Crippen LogP contribution in [0, 0.1) is 5.92 Å². The number of aromatic nitrogens is 3. The van der Waals surface area contributed by atoms with E-state index >= 15 is 0 Å². The largest absolute Gasteiger partial charge is 0.394 e. The predicted octanol–water partition coefficient (Wildman–Crippen LogP) is 2.50. The highest BCUT2D eigenvalue weighted by Gasteiger charge is 2.23. The highest BCUT2D eigenvalue weighted by Crippen LogP contribution is 2.26. The van der Waals surface area contributed by atoms with E-state index in [9.17, 15) is 4.79 Å². The molecule has 1 aliphatic rings. The van der Waals surface area contributed by atoms with Crippen molar-refractivity contribution in [3.63, 3.8) is 0 Å². The number of pyridine rings is 1. The molecular weight excluding hydrogens is 378 g/mol. The zero-order valence-corrected chi connectivity index (χ0v) is 17.7. The first kappa shape index (κ1) is 20.5. The van der Waals surface area contributed by atoms with Gasteiger partial charge in [0.1, 0.15) is 0 Å². The summed E-state index contributed by atoms with van der Waals surface area (Å²) in [5, 5.41) is 14.3. The molecule has 1 saturated heterocycles. The molecule has 3 aromatic rings. The average molecular weight is 408 g/mol. The van der Waals surface area contributed by atoms with Gasteiger partial charge in [0.15, 0.2) is 0 Å². The molecule has 4 rings (SSSR count). The van der Waals surface area contributed by atoms with Gasteiger partial charge in [-0.05, 0) is 44.5 Å². The lowest BCUT2D eigenvalue weighted by Crippen LogP contribution is -2.40. The molecule has 1 amide bonds. The third kappa shape index (κ3) is 4.37. The van der Waals surface area contributed by atoms with Crippen LogP contribution in [-0.4, -0.2) is 75.9 Å². The van der Waals surface area contributed by atoms with Gasteiger partial charge >= 0.3 is 0 Å². The summed E-state index contributed by atoms with van der Waals surface area (Å²) in [7, 11) is 4.04. The molecule has 1 N–H and O–H groups in total. The van der Waals surface area contributed by atoms with Crippen LogP contribution in [0.15, 0.2) is 42.7 Å². The zero-order valence-electron chi connectivity index (χ0n) is 17.7. The van der Waals surface area contributed by atoms with E-state index < -0.39 is 0 Å². The van der Waals surface area contributed by atoms with Gasteiger partial charge < -0.3 is 14.9 Å². The minimum Gasteiger partial charge on any atom is -0.394 e. The summed E-state index contributed by atoms with van der Waals surface area (Å²) in [5.41, 5.74) is 3.00. The van der Waals surface area contributed by atoms with Crippen molar-refractivity contribution in [2.75, 3.05) is 40.3 Å². The van der Waals surface area contributed by atoms with Crippen LogP contribution in [0.25, 0.3) is 22.2 Å². The molecule has 158 valence electrons. The molecule has 0 bridgehead atoms. The van der Waals surface area contributed by atoms with E-state index in [4.69, 9.17) is 10.1 Å². The topological polar surface area (TPSA) is 74.5 Å². The molecule has 3 heterocycles. The van der Waals surface area contributed by atoms with Crippen molar-refractivity contribution < 1.29 is 9.90 Å². The summed E-state index contributed by atoms with van der Waals surface area (Å²) in [6, 6.07) is 9.63. The van der Waals surface area contributed by atoms with E-state index in [-0.39, 0.29) is 12.5 Å². The Balaban J connectivity index is 1.65. The molecule has 1 fully saturated rings. The van der Waals surface area contributed by atoms with Gasteiger partial charge in [-0.25, -0.2) is 4.98 Å². The van der Waals surface area contributed by atoms with Gasteiger partial charge in [0.25, 0.3) is 5.91 Å². The lowest BCUT2D eigenvalue weighted by Gasteiger charge is -2.32. The first-order valence-electron chi connectivity index (χ1n) is 10.5. The third-order valence-corrected chi connectivity index (χ3v) is 5.81. The second-order valence-electron chi connectivity index (χ2n) is 8.24. The fourth-order valence-electron chi connectivity index (χ4n) is 4.32. The minimum atomic E-state index is 0.0193. The number of amides is 1. The van der Waals surface area contributed by atoms with Gasteiger partial charge in [0.05, 0.1) is 36.1 Å². The van der Waals surface area contributed by atoms with Crippen molar-refractivity contribution in [3.8, 4) is 11.3 Å². The number of hydrogen-bond donors (Lipinski definition) is 1. The molecule has 1 unspecified atom stereocenters. The smallest absolute Gasteiger partial charge is 0.254 e. The van der Waals surface area contributed by atoms with Crippen LogP contribution in [0.3, 0.4) is 0 Å². The summed E-state index contributed by atoms with van der Waals surface area (Å²) in [6.45, 7) is 3.37. The minimum absolute atomic E-state index is 0.0193. The number of benzene rings is 1. The van der Waals surface area contributed by atoms with Crippen LogP contribution < -0.4 is 0 Å². The van der Waals surface area contributed by atoms with Gasteiger partial charge in [-0.15, -0.1) is 0 Å². The number of piperidine rings is 1. The summed E-state index contributed by atoms with van der Waals surface area (Å²) < 4.78 is 1.68. The Hall–Kier alpha value is -2.77. The normalized spacial score (nSPS) is 17.4. The number of fused-ring (bicyclic) bond motifs is 1.